The fourth-order valence-corrected chi connectivity index (χ4v) is 4.75. The molecule has 1 aromatic heterocycles. The Hall–Kier alpha value is -4.43. The summed E-state index contributed by atoms with van der Waals surface area (Å²) < 4.78 is 35.6. The van der Waals surface area contributed by atoms with E-state index >= 15 is 0 Å². The number of ether oxygens (including phenoxy) is 1. The molecule has 0 atom stereocenters. The fraction of sp³-hybridized carbons (Fsp3) is 0.0870. The summed E-state index contributed by atoms with van der Waals surface area (Å²) in [5.74, 6) is -0.318. The second-order valence-electron chi connectivity index (χ2n) is 7.34. The van der Waals surface area contributed by atoms with E-state index in [1.54, 1.807) is 0 Å². The number of aromatic amines is 1. The Labute approximate surface area is 215 Å². The zero-order chi connectivity index (χ0) is 26.4. The minimum absolute atomic E-state index is 0.0738. The molecule has 0 bridgehead atoms. The van der Waals surface area contributed by atoms with Gasteiger partial charge in [0.2, 0.25) is 0 Å². The number of aromatic nitrogens is 2. The maximum Gasteiger partial charge on any atom is 0.339 e. The second-order valence-corrected chi connectivity index (χ2v) is 9.85. The Kier molecular flexibility index (Phi) is 7.69. The molecule has 0 radical (unpaired) electrons. The highest BCUT2D eigenvalue weighted by Gasteiger charge is 2.22. The van der Waals surface area contributed by atoms with E-state index in [2.05, 4.69) is 20.5 Å². The molecule has 4 rings (SSSR count). The maximum atomic E-state index is 12.6. The largest absolute Gasteiger partial charge is 0.493 e. The van der Waals surface area contributed by atoms with Crippen molar-refractivity contribution in [1.82, 2.24) is 15.4 Å². The van der Waals surface area contributed by atoms with Gasteiger partial charge in [-0.05, 0) is 42.0 Å². The van der Waals surface area contributed by atoms with Gasteiger partial charge in [-0.1, -0.05) is 30.0 Å². The summed E-state index contributed by atoms with van der Waals surface area (Å²) in [7, 11) is -3.05. The SMILES string of the molecule is COc1cc(/C=N\NC(=O)CSc2nc3ccccc3[nH]2)ccc1OS(=O)(=O)c1cccc([N+](=O)[O-])c1. The van der Waals surface area contributed by atoms with Crippen LogP contribution in [-0.2, 0) is 14.9 Å². The predicted octanol–water partition coefficient (Wildman–Crippen LogP) is 3.49. The summed E-state index contributed by atoms with van der Waals surface area (Å²) in [5, 5.41) is 15.5. The first-order valence-corrected chi connectivity index (χ1v) is 12.9. The highest BCUT2D eigenvalue weighted by molar-refractivity contribution is 7.99. The topological polar surface area (TPSA) is 166 Å². The van der Waals surface area contributed by atoms with Gasteiger partial charge < -0.3 is 13.9 Å². The van der Waals surface area contributed by atoms with Crippen LogP contribution in [0, 0.1) is 10.1 Å². The minimum atomic E-state index is -4.37. The Balaban J connectivity index is 1.37. The van der Waals surface area contributed by atoms with Gasteiger partial charge >= 0.3 is 10.1 Å². The minimum Gasteiger partial charge on any atom is -0.493 e. The highest BCUT2D eigenvalue weighted by atomic mass is 32.2. The molecule has 0 unspecified atom stereocenters. The summed E-state index contributed by atoms with van der Waals surface area (Å²) in [6.07, 6.45) is 1.35. The summed E-state index contributed by atoms with van der Waals surface area (Å²) in [5.41, 5.74) is 4.19. The van der Waals surface area contributed by atoms with Crippen LogP contribution in [-0.4, -0.2) is 48.3 Å². The van der Waals surface area contributed by atoms with Crippen molar-refractivity contribution in [3.63, 3.8) is 0 Å². The molecule has 0 fully saturated rings. The van der Waals surface area contributed by atoms with Crippen molar-refractivity contribution in [2.45, 2.75) is 10.1 Å². The Morgan fingerprint density at radius 2 is 1.97 bits per heavy atom. The van der Waals surface area contributed by atoms with Gasteiger partial charge in [-0.25, -0.2) is 10.4 Å². The van der Waals surface area contributed by atoms with E-state index in [4.69, 9.17) is 8.92 Å². The number of benzene rings is 3. The van der Waals surface area contributed by atoms with Gasteiger partial charge in [0.15, 0.2) is 16.7 Å². The van der Waals surface area contributed by atoms with Crippen molar-refractivity contribution in [3.8, 4) is 11.5 Å². The lowest BCUT2D eigenvalue weighted by molar-refractivity contribution is -0.385. The maximum absolute atomic E-state index is 12.6. The number of carbonyl (C=O) groups excluding carboxylic acids is 1. The number of nitrogens with zero attached hydrogens (tertiary/aromatic N) is 3. The van der Waals surface area contributed by atoms with Crippen LogP contribution in [0.4, 0.5) is 5.69 Å². The number of imidazole rings is 1. The number of carbonyl (C=O) groups is 1. The van der Waals surface area contributed by atoms with Crippen LogP contribution >= 0.6 is 11.8 Å². The molecule has 1 heterocycles. The molecule has 190 valence electrons. The van der Waals surface area contributed by atoms with Crippen LogP contribution in [0.15, 0.2) is 81.9 Å². The van der Waals surface area contributed by atoms with E-state index in [1.165, 1.54) is 61.5 Å². The number of H-pyrrole nitrogens is 1. The number of nitro benzene ring substituents is 1. The molecule has 0 saturated carbocycles. The molecule has 14 heteroatoms. The van der Waals surface area contributed by atoms with Crippen molar-refractivity contribution in [2.24, 2.45) is 5.10 Å². The highest BCUT2D eigenvalue weighted by Crippen LogP contribution is 2.31. The third-order valence-electron chi connectivity index (χ3n) is 4.81. The molecule has 12 nitrogen and oxygen atoms in total. The van der Waals surface area contributed by atoms with Gasteiger partial charge in [0.25, 0.3) is 11.6 Å². The second kappa shape index (κ2) is 11.1. The first-order chi connectivity index (χ1) is 17.7. The summed E-state index contributed by atoms with van der Waals surface area (Å²) in [6.45, 7) is 0. The van der Waals surface area contributed by atoms with Gasteiger partial charge in [0.1, 0.15) is 4.90 Å². The molecule has 2 N–H and O–H groups in total. The smallest absolute Gasteiger partial charge is 0.339 e. The molecule has 0 saturated heterocycles. The monoisotopic (exact) mass is 541 g/mol. The van der Waals surface area contributed by atoms with Crippen LogP contribution in [0.1, 0.15) is 5.56 Å². The standard InChI is InChI=1S/C23H19N5O7S2/c1-34-21-11-15(9-10-20(21)35-37(32,33)17-6-4-5-16(12-17)28(30)31)13-24-27-22(29)14-36-23-25-18-7-2-3-8-19(18)26-23/h2-13H,14H2,1H3,(H,25,26)(H,27,29)/b24-13-. The lowest BCUT2D eigenvalue weighted by atomic mass is 10.2. The zero-order valence-electron chi connectivity index (χ0n) is 19.2. The average molecular weight is 542 g/mol. The van der Waals surface area contributed by atoms with Crippen molar-refractivity contribution in [1.29, 1.82) is 0 Å². The van der Waals surface area contributed by atoms with Crippen molar-refractivity contribution < 1.29 is 27.1 Å². The molecular formula is C23H19N5O7S2. The van der Waals surface area contributed by atoms with Crippen LogP contribution < -0.4 is 14.3 Å². The van der Waals surface area contributed by atoms with Gasteiger partial charge in [-0.15, -0.1) is 0 Å². The molecule has 37 heavy (non-hydrogen) atoms. The van der Waals surface area contributed by atoms with Crippen LogP contribution in [0.3, 0.4) is 0 Å². The summed E-state index contributed by atoms with van der Waals surface area (Å²) >= 11 is 1.23. The molecule has 0 aliphatic rings. The first kappa shape index (κ1) is 25.7. The third kappa shape index (κ3) is 6.42. The third-order valence-corrected chi connectivity index (χ3v) is 6.92. The van der Waals surface area contributed by atoms with E-state index in [9.17, 15) is 23.3 Å². The molecule has 0 aliphatic heterocycles. The van der Waals surface area contributed by atoms with Crippen molar-refractivity contribution in [2.75, 3.05) is 12.9 Å². The van der Waals surface area contributed by atoms with Crippen molar-refractivity contribution in [3.05, 3.63) is 82.4 Å². The molecule has 1 amide bonds. The van der Waals surface area contributed by atoms with E-state index in [1.807, 2.05) is 24.3 Å². The number of hydrogen-bond donors (Lipinski definition) is 2. The first-order valence-electron chi connectivity index (χ1n) is 10.5. The van der Waals surface area contributed by atoms with Gasteiger partial charge in [-0.2, -0.15) is 13.5 Å². The molecule has 3 aromatic carbocycles. The number of nitro groups is 1. The number of amides is 1. The molecule has 4 aromatic rings. The number of rotatable bonds is 10. The molecule has 0 spiro atoms. The van der Waals surface area contributed by atoms with Gasteiger partial charge in [0.05, 0.1) is 35.0 Å². The number of nitrogens with one attached hydrogen (secondary N) is 2. The normalized spacial score (nSPS) is 11.5. The van der Waals surface area contributed by atoms with E-state index in [0.717, 1.165) is 17.1 Å². The number of non-ortho nitro benzene ring substituents is 1. The number of hydrazone groups is 1. The fourth-order valence-electron chi connectivity index (χ4n) is 3.09. The Bertz CT molecular complexity index is 1570. The van der Waals surface area contributed by atoms with E-state index in [-0.39, 0.29) is 33.7 Å². The number of para-hydroxylation sites is 2. The Morgan fingerprint density at radius 3 is 2.73 bits per heavy atom. The zero-order valence-corrected chi connectivity index (χ0v) is 20.8. The number of methoxy groups -OCH3 is 1. The van der Waals surface area contributed by atoms with Crippen LogP contribution in [0.5, 0.6) is 11.5 Å². The van der Waals surface area contributed by atoms with Crippen LogP contribution in [0.2, 0.25) is 0 Å². The average Bonchev–Trinajstić information content (AvgIpc) is 3.31. The molecule has 0 aliphatic carbocycles. The summed E-state index contributed by atoms with van der Waals surface area (Å²) in [4.78, 5) is 29.5. The quantitative estimate of drug-likeness (QED) is 0.100. The lowest BCUT2D eigenvalue weighted by Crippen LogP contribution is -2.19. The predicted molar refractivity (Wildman–Crippen MR) is 136 cm³/mol. The molecular weight excluding hydrogens is 522 g/mol. The van der Waals surface area contributed by atoms with E-state index < -0.39 is 15.0 Å². The van der Waals surface area contributed by atoms with E-state index in [0.29, 0.717) is 10.7 Å². The van der Waals surface area contributed by atoms with Gasteiger partial charge in [0, 0.05) is 12.1 Å². The van der Waals surface area contributed by atoms with Crippen molar-refractivity contribution >= 4 is 50.7 Å². The van der Waals surface area contributed by atoms with Gasteiger partial charge in [-0.3, -0.25) is 14.9 Å². The number of thioether (sulfide) groups is 1. The Morgan fingerprint density at radius 1 is 1.16 bits per heavy atom. The summed E-state index contributed by atoms with van der Waals surface area (Å²) in [6, 6.07) is 16.3. The lowest BCUT2D eigenvalue weighted by Gasteiger charge is -2.11. The number of fused-ring (bicyclic) bond motifs is 1. The van der Waals surface area contributed by atoms with Crippen LogP contribution in [0.25, 0.3) is 11.0 Å². The number of hydrogen-bond acceptors (Lipinski definition) is 10.